The average Bonchev–Trinajstić information content (AvgIpc) is 2.57. The van der Waals surface area contributed by atoms with Gasteiger partial charge in [0.2, 0.25) is 10.0 Å². The van der Waals surface area contributed by atoms with Crippen molar-refractivity contribution in [3.63, 3.8) is 0 Å². The molecule has 25 heavy (non-hydrogen) atoms. The normalized spacial score (nSPS) is 11.7. The lowest BCUT2D eigenvalue weighted by Gasteiger charge is -2.07. The maximum atomic E-state index is 12.3. The number of carbonyl (C=O) groups excluding carboxylic acids is 1. The van der Waals surface area contributed by atoms with Crippen LogP contribution in [0.4, 0.5) is 5.69 Å². The average molecular weight is 357 g/mol. The zero-order chi connectivity index (χ0) is 18.6. The molecule has 0 saturated heterocycles. The van der Waals surface area contributed by atoms with Crippen molar-refractivity contribution in [3.05, 3.63) is 70.3 Å². The monoisotopic (exact) mass is 357 g/mol. The molecule has 0 aliphatic heterocycles. The number of ketones is 1. The number of allylic oxidation sites excluding steroid dienone is 1. The van der Waals surface area contributed by atoms with E-state index >= 15 is 0 Å². The summed E-state index contributed by atoms with van der Waals surface area (Å²) < 4.78 is 25.5. The Kier molecular flexibility index (Phi) is 5.80. The Bertz CT molecular complexity index is 911. The van der Waals surface area contributed by atoms with Crippen LogP contribution in [0, 0.1) is 20.8 Å². The Hall–Kier alpha value is -2.40. The first-order chi connectivity index (χ1) is 11.7. The summed E-state index contributed by atoms with van der Waals surface area (Å²) in [7, 11) is -3.31. The number of anilines is 1. The summed E-state index contributed by atoms with van der Waals surface area (Å²) in [6.45, 7) is 7.70. The molecule has 0 aliphatic carbocycles. The molecule has 0 saturated carbocycles. The topological polar surface area (TPSA) is 63.2 Å². The molecular weight excluding hydrogens is 334 g/mol. The van der Waals surface area contributed by atoms with Crippen molar-refractivity contribution >= 4 is 27.6 Å². The van der Waals surface area contributed by atoms with Gasteiger partial charge in [-0.2, -0.15) is 0 Å². The van der Waals surface area contributed by atoms with Crippen molar-refractivity contribution in [2.75, 3.05) is 10.5 Å². The van der Waals surface area contributed by atoms with Gasteiger partial charge < -0.3 is 0 Å². The molecule has 0 fully saturated rings. The molecule has 5 heteroatoms. The fraction of sp³-hybridized carbons (Fsp3) is 0.250. The van der Waals surface area contributed by atoms with Crippen LogP contribution < -0.4 is 4.72 Å². The van der Waals surface area contributed by atoms with E-state index in [1.165, 1.54) is 11.1 Å². The summed E-state index contributed by atoms with van der Waals surface area (Å²) >= 11 is 0. The summed E-state index contributed by atoms with van der Waals surface area (Å²) in [5.41, 5.74) is 5.51. The SMILES string of the molecule is CCS(=O)(=O)Nc1ccc(C(=O)/C=C/c2cc(C)c(C)cc2C)cc1. The third-order valence-corrected chi connectivity index (χ3v) is 5.43. The molecule has 0 heterocycles. The minimum atomic E-state index is -3.31. The standard InChI is InChI=1S/C20H23NO3S/c1-5-25(23,24)21-19-9-6-17(7-10-19)20(22)11-8-18-13-15(3)14(2)12-16(18)4/h6-13,21H,5H2,1-4H3/b11-8+. The minimum absolute atomic E-state index is 0.00569. The van der Waals surface area contributed by atoms with Crippen LogP contribution in [-0.4, -0.2) is 20.0 Å². The summed E-state index contributed by atoms with van der Waals surface area (Å²) in [4.78, 5) is 12.3. The summed E-state index contributed by atoms with van der Waals surface area (Å²) in [5.74, 6) is -0.117. The van der Waals surface area contributed by atoms with Crippen LogP contribution in [0.25, 0.3) is 6.08 Å². The first-order valence-corrected chi connectivity index (χ1v) is 9.78. The van der Waals surface area contributed by atoms with Crippen molar-refractivity contribution in [2.24, 2.45) is 0 Å². The molecule has 0 bridgehead atoms. The second-order valence-corrected chi connectivity index (χ2v) is 8.08. The van der Waals surface area contributed by atoms with Crippen LogP contribution in [0.15, 0.2) is 42.5 Å². The molecule has 0 atom stereocenters. The molecule has 0 unspecified atom stereocenters. The van der Waals surface area contributed by atoms with E-state index in [-0.39, 0.29) is 11.5 Å². The Morgan fingerprint density at radius 2 is 1.60 bits per heavy atom. The first kappa shape index (κ1) is 18.9. The molecular formula is C20H23NO3S. The zero-order valence-corrected chi connectivity index (χ0v) is 15.8. The van der Waals surface area contributed by atoms with E-state index in [9.17, 15) is 13.2 Å². The van der Waals surface area contributed by atoms with E-state index in [1.54, 1.807) is 37.3 Å². The molecule has 132 valence electrons. The summed E-state index contributed by atoms with van der Waals surface area (Å²) in [5, 5.41) is 0. The number of hydrogen-bond donors (Lipinski definition) is 1. The third kappa shape index (κ3) is 5.03. The van der Waals surface area contributed by atoms with Crippen LogP contribution in [0.1, 0.15) is 39.5 Å². The molecule has 0 aliphatic rings. The summed E-state index contributed by atoms with van der Waals surface area (Å²) in [6, 6.07) is 10.6. The molecule has 2 aromatic carbocycles. The lowest BCUT2D eigenvalue weighted by atomic mass is 10.00. The Labute approximate surface area is 149 Å². The van der Waals surface area contributed by atoms with Gasteiger partial charge in [-0.25, -0.2) is 8.42 Å². The first-order valence-electron chi connectivity index (χ1n) is 8.12. The highest BCUT2D eigenvalue weighted by molar-refractivity contribution is 7.92. The van der Waals surface area contributed by atoms with E-state index in [0.29, 0.717) is 11.3 Å². The fourth-order valence-corrected chi connectivity index (χ4v) is 3.02. The molecule has 1 N–H and O–H groups in total. The van der Waals surface area contributed by atoms with Crippen LogP contribution in [-0.2, 0) is 10.0 Å². The van der Waals surface area contributed by atoms with Crippen LogP contribution in [0.3, 0.4) is 0 Å². The van der Waals surface area contributed by atoms with Crippen molar-refractivity contribution in [3.8, 4) is 0 Å². The number of nitrogens with one attached hydrogen (secondary N) is 1. The van der Waals surface area contributed by atoms with Crippen LogP contribution in [0.2, 0.25) is 0 Å². The van der Waals surface area contributed by atoms with Gasteiger partial charge >= 0.3 is 0 Å². The Morgan fingerprint density at radius 3 is 2.20 bits per heavy atom. The van der Waals surface area contributed by atoms with Gasteiger partial charge in [-0.1, -0.05) is 18.2 Å². The van der Waals surface area contributed by atoms with Gasteiger partial charge in [0, 0.05) is 11.3 Å². The Morgan fingerprint density at radius 1 is 1.00 bits per heavy atom. The second-order valence-electron chi connectivity index (χ2n) is 6.07. The molecule has 0 spiro atoms. The predicted octanol–water partition coefficient (Wildman–Crippen LogP) is 4.27. The number of aryl methyl sites for hydroxylation is 3. The number of rotatable bonds is 6. The van der Waals surface area contributed by atoms with Crippen molar-refractivity contribution in [1.29, 1.82) is 0 Å². The molecule has 2 rings (SSSR count). The van der Waals surface area contributed by atoms with Gasteiger partial charge in [0.1, 0.15) is 0 Å². The van der Waals surface area contributed by atoms with Gasteiger partial charge in [-0.15, -0.1) is 0 Å². The van der Waals surface area contributed by atoms with Gasteiger partial charge in [0.05, 0.1) is 5.75 Å². The highest BCUT2D eigenvalue weighted by atomic mass is 32.2. The van der Waals surface area contributed by atoms with E-state index in [2.05, 4.69) is 23.8 Å². The molecule has 0 amide bonds. The largest absolute Gasteiger partial charge is 0.289 e. The quantitative estimate of drug-likeness (QED) is 0.620. The van der Waals surface area contributed by atoms with Crippen molar-refractivity contribution in [2.45, 2.75) is 27.7 Å². The lowest BCUT2D eigenvalue weighted by Crippen LogP contribution is -2.14. The van der Waals surface area contributed by atoms with Gasteiger partial charge in [-0.3, -0.25) is 9.52 Å². The van der Waals surface area contributed by atoms with E-state index in [4.69, 9.17) is 0 Å². The van der Waals surface area contributed by atoms with Gasteiger partial charge in [-0.05, 0) is 80.3 Å². The predicted molar refractivity (Wildman–Crippen MR) is 104 cm³/mol. The van der Waals surface area contributed by atoms with Crippen molar-refractivity contribution in [1.82, 2.24) is 0 Å². The lowest BCUT2D eigenvalue weighted by molar-refractivity contribution is 0.104. The number of carbonyl (C=O) groups is 1. The number of hydrogen-bond acceptors (Lipinski definition) is 3. The van der Waals surface area contributed by atoms with Gasteiger partial charge in [0.25, 0.3) is 0 Å². The van der Waals surface area contributed by atoms with E-state index < -0.39 is 10.0 Å². The third-order valence-electron chi connectivity index (χ3n) is 4.12. The molecule has 2 aromatic rings. The smallest absolute Gasteiger partial charge is 0.232 e. The van der Waals surface area contributed by atoms with E-state index in [0.717, 1.165) is 11.1 Å². The molecule has 4 nitrogen and oxygen atoms in total. The van der Waals surface area contributed by atoms with Crippen LogP contribution >= 0.6 is 0 Å². The zero-order valence-electron chi connectivity index (χ0n) is 15.0. The summed E-state index contributed by atoms with van der Waals surface area (Å²) in [6.07, 6.45) is 3.36. The maximum Gasteiger partial charge on any atom is 0.232 e. The number of sulfonamides is 1. The van der Waals surface area contributed by atoms with E-state index in [1.807, 2.05) is 19.9 Å². The maximum absolute atomic E-state index is 12.3. The molecule has 0 aromatic heterocycles. The fourth-order valence-electron chi connectivity index (χ4n) is 2.38. The highest BCUT2D eigenvalue weighted by Gasteiger charge is 2.08. The number of benzene rings is 2. The van der Waals surface area contributed by atoms with Crippen LogP contribution in [0.5, 0.6) is 0 Å². The Balaban J connectivity index is 2.15. The van der Waals surface area contributed by atoms with Crippen molar-refractivity contribution < 1.29 is 13.2 Å². The molecule has 0 radical (unpaired) electrons. The van der Waals surface area contributed by atoms with Gasteiger partial charge in [0.15, 0.2) is 5.78 Å². The minimum Gasteiger partial charge on any atom is -0.289 e. The second kappa shape index (κ2) is 7.66. The highest BCUT2D eigenvalue weighted by Crippen LogP contribution is 2.17.